The maximum atomic E-state index is 13.3. The van der Waals surface area contributed by atoms with Crippen molar-refractivity contribution < 1.29 is 13.6 Å². The Bertz CT molecular complexity index is 350. The summed E-state index contributed by atoms with van der Waals surface area (Å²) in [4.78, 5) is 12.1. The zero-order chi connectivity index (χ0) is 15.8. The van der Waals surface area contributed by atoms with Gasteiger partial charge in [-0.2, -0.15) is 0 Å². The number of alkyl halides is 2. The summed E-state index contributed by atoms with van der Waals surface area (Å²) in [6.45, 7) is 12.1. The third-order valence-electron chi connectivity index (χ3n) is 4.90. The van der Waals surface area contributed by atoms with Gasteiger partial charge in [0.15, 0.2) is 0 Å². The first-order chi connectivity index (χ1) is 8.89. The molecule has 1 atom stereocenters. The molecular formula is C16H29F2NO. The Hall–Kier alpha value is -0.670. The van der Waals surface area contributed by atoms with Crippen molar-refractivity contribution in [3.05, 3.63) is 0 Å². The van der Waals surface area contributed by atoms with Gasteiger partial charge in [0, 0.05) is 19.3 Å². The van der Waals surface area contributed by atoms with Gasteiger partial charge < -0.3 is 5.32 Å². The van der Waals surface area contributed by atoms with E-state index in [2.05, 4.69) is 26.1 Å². The van der Waals surface area contributed by atoms with E-state index in [-0.39, 0.29) is 24.2 Å². The molecule has 0 saturated heterocycles. The molecule has 1 rings (SSSR count). The molecule has 1 amide bonds. The van der Waals surface area contributed by atoms with Gasteiger partial charge in [-0.25, -0.2) is 8.78 Å². The van der Waals surface area contributed by atoms with Crippen molar-refractivity contribution in [2.24, 2.45) is 17.3 Å². The van der Waals surface area contributed by atoms with Gasteiger partial charge in [0.25, 0.3) is 5.92 Å². The minimum atomic E-state index is -2.63. The molecule has 0 aliphatic heterocycles. The quantitative estimate of drug-likeness (QED) is 0.799. The molecule has 1 saturated carbocycles. The van der Waals surface area contributed by atoms with E-state index in [1.807, 2.05) is 20.8 Å². The van der Waals surface area contributed by atoms with Gasteiger partial charge in [-0.15, -0.1) is 0 Å². The van der Waals surface area contributed by atoms with Crippen LogP contribution in [0.1, 0.15) is 67.2 Å². The summed E-state index contributed by atoms with van der Waals surface area (Å²) in [6, 6.07) is 0. The van der Waals surface area contributed by atoms with Crippen LogP contribution in [0.2, 0.25) is 0 Å². The third kappa shape index (κ3) is 3.92. The van der Waals surface area contributed by atoms with Crippen molar-refractivity contribution >= 4 is 5.91 Å². The van der Waals surface area contributed by atoms with Gasteiger partial charge in [-0.3, -0.25) is 4.79 Å². The number of rotatable bonds is 5. The van der Waals surface area contributed by atoms with Crippen LogP contribution in [-0.4, -0.2) is 17.4 Å². The molecule has 1 N–H and O–H groups in total. The lowest BCUT2D eigenvalue weighted by Gasteiger charge is -2.55. The fourth-order valence-electron chi connectivity index (χ4n) is 2.66. The summed E-state index contributed by atoms with van der Waals surface area (Å²) in [5.41, 5.74) is -1.11. The monoisotopic (exact) mass is 289 g/mol. The molecule has 1 fully saturated rings. The molecule has 118 valence electrons. The van der Waals surface area contributed by atoms with Gasteiger partial charge in [0.05, 0.1) is 5.54 Å². The van der Waals surface area contributed by atoms with E-state index in [4.69, 9.17) is 0 Å². The molecule has 1 unspecified atom stereocenters. The summed E-state index contributed by atoms with van der Waals surface area (Å²) in [7, 11) is 0. The van der Waals surface area contributed by atoms with Crippen LogP contribution >= 0.6 is 0 Å². The molecule has 0 aromatic carbocycles. The molecule has 0 bridgehead atoms. The Labute approximate surface area is 121 Å². The second kappa shape index (κ2) is 5.61. The zero-order valence-corrected chi connectivity index (χ0v) is 13.6. The largest absolute Gasteiger partial charge is 0.350 e. The van der Waals surface area contributed by atoms with E-state index in [1.165, 1.54) is 0 Å². The smallest absolute Gasteiger partial charge is 0.252 e. The lowest BCUT2D eigenvalue weighted by atomic mass is 9.59. The average Bonchev–Trinajstić information content (AvgIpc) is 2.21. The lowest BCUT2D eigenvalue weighted by molar-refractivity contribution is -0.172. The van der Waals surface area contributed by atoms with Crippen molar-refractivity contribution in [1.29, 1.82) is 0 Å². The van der Waals surface area contributed by atoms with Crippen molar-refractivity contribution in [1.82, 2.24) is 5.32 Å². The Morgan fingerprint density at radius 1 is 1.20 bits per heavy atom. The number of nitrogens with one attached hydrogen (secondary N) is 1. The molecular weight excluding hydrogens is 260 g/mol. The molecule has 0 spiro atoms. The summed E-state index contributed by atoms with van der Waals surface area (Å²) >= 11 is 0. The van der Waals surface area contributed by atoms with Crippen molar-refractivity contribution in [2.75, 3.05) is 0 Å². The van der Waals surface area contributed by atoms with Crippen LogP contribution < -0.4 is 5.32 Å². The van der Waals surface area contributed by atoms with E-state index in [9.17, 15) is 13.6 Å². The van der Waals surface area contributed by atoms with Gasteiger partial charge in [-0.05, 0) is 23.7 Å². The predicted molar refractivity (Wildman–Crippen MR) is 77.7 cm³/mol. The van der Waals surface area contributed by atoms with Crippen LogP contribution in [0.4, 0.5) is 8.78 Å². The normalized spacial score (nSPS) is 22.2. The standard InChI is InChI=1S/C16H29F2NO/c1-11(2)12(3)7-8-13(20)19-15(14(4,5)6)9-16(17,18)10-15/h11-12H,7-10H2,1-6H3,(H,19,20). The van der Waals surface area contributed by atoms with E-state index in [0.29, 0.717) is 18.3 Å². The second-order valence-corrected chi connectivity index (χ2v) is 7.85. The van der Waals surface area contributed by atoms with Crippen molar-refractivity contribution in [3.8, 4) is 0 Å². The number of halogens is 2. The van der Waals surface area contributed by atoms with E-state index < -0.39 is 11.5 Å². The molecule has 4 heteroatoms. The predicted octanol–water partition coefficient (Wildman–Crippen LogP) is 4.39. The van der Waals surface area contributed by atoms with Crippen molar-refractivity contribution in [3.63, 3.8) is 0 Å². The van der Waals surface area contributed by atoms with Crippen molar-refractivity contribution in [2.45, 2.75) is 78.7 Å². The minimum Gasteiger partial charge on any atom is -0.350 e. The van der Waals surface area contributed by atoms with E-state index in [0.717, 1.165) is 6.42 Å². The Kier molecular flexibility index (Phi) is 4.87. The topological polar surface area (TPSA) is 29.1 Å². The Morgan fingerprint density at radius 2 is 1.70 bits per heavy atom. The summed E-state index contributed by atoms with van der Waals surface area (Å²) < 4.78 is 26.6. The SMILES string of the molecule is CC(C)C(C)CCC(=O)NC1(C(C)(C)C)CC(F)(F)C1. The highest BCUT2D eigenvalue weighted by Gasteiger charge is 2.62. The van der Waals surface area contributed by atoms with Crippen LogP contribution in [0.5, 0.6) is 0 Å². The molecule has 20 heavy (non-hydrogen) atoms. The number of hydrogen-bond donors (Lipinski definition) is 1. The molecule has 0 radical (unpaired) electrons. The molecule has 2 nitrogen and oxygen atoms in total. The van der Waals surface area contributed by atoms with Crippen LogP contribution in [0.15, 0.2) is 0 Å². The molecule has 0 aromatic heterocycles. The van der Waals surface area contributed by atoms with Crippen LogP contribution in [0.25, 0.3) is 0 Å². The van der Waals surface area contributed by atoms with Gasteiger partial charge in [0.2, 0.25) is 5.91 Å². The average molecular weight is 289 g/mol. The molecule has 0 aromatic rings. The maximum absolute atomic E-state index is 13.3. The summed E-state index contributed by atoms with van der Waals surface area (Å²) in [6.07, 6.45) is 0.743. The Morgan fingerprint density at radius 3 is 2.05 bits per heavy atom. The highest BCUT2D eigenvalue weighted by Crippen LogP contribution is 2.54. The second-order valence-electron chi connectivity index (χ2n) is 7.85. The minimum absolute atomic E-state index is 0.0945. The van der Waals surface area contributed by atoms with Gasteiger partial charge >= 0.3 is 0 Å². The lowest BCUT2D eigenvalue weighted by Crippen LogP contribution is -2.68. The maximum Gasteiger partial charge on any atom is 0.252 e. The fourth-order valence-corrected chi connectivity index (χ4v) is 2.66. The molecule has 0 heterocycles. The number of hydrogen-bond acceptors (Lipinski definition) is 1. The molecule has 1 aliphatic carbocycles. The summed E-state index contributed by atoms with van der Waals surface area (Å²) in [5.74, 6) is -1.73. The Balaban J connectivity index is 2.58. The van der Waals surface area contributed by atoms with Crippen LogP contribution in [0.3, 0.4) is 0 Å². The molecule has 1 aliphatic rings. The number of carbonyl (C=O) groups is 1. The van der Waals surface area contributed by atoms with E-state index >= 15 is 0 Å². The highest BCUT2D eigenvalue weighted by atomic mass is 19.3. The third-order valence-corrected chi connectivity index (χ3v) is 4.90. The summed E-state index contributed by atoms with van der Waals surface area (Å²) in [5, 5.41) is 2.90. The number of amides is 1. The zero-order valence-electron chi connectivity index (χ0n) is 13.6. The highest BCUT2D eigenvalue weighted by molar-refractivity contribution is 5.77. The first kappa shape index (κ1) is 17.4. The van der Waals surface area contributed by atoms with Gasteiger partial charge in [-0.1, -0.05) is 41.5 Å². The first-order valence-corrected chi connectivity index (χ1v) is 7.57. The first-order valence-electron chi connectivity index (χ1n) is 7.57. The fraction of sp³-hybridized carbons (Fsp3) is 0.938. The van der Waals surface area contributed by atoms with E-state index in [1.54, 1.807) is 0 Å². The van der Waals surface area contributed by atoms with Gasteiger partial charge in [0.1, 0.15) is 0 Å². The van der Waals surface area contributed by atoms with Crippen LogP contribution in [0, 0.1) is 17.3 Å². The number of carbonyl (C=O) groups excluding carboxylic acids is 1. The van der Waals surface area contributed by atoms with Crippen LogP contribution in [-0.2, 0) is 4.79 Å².